The second kappa shape index (κ2) is 7.05. The quantitative estimate of drug-likeness (QED) is 0.861. The summed E-state index contributed by atoms with van der Waals surface area (Å²) >= 11 is 0. The third kappa shape index (κ3) is 4.29. The van der Waals surface area contributed by atoms with Gasteiger partial charge < -0.3 is 15.5 Å². The molecule has 1 aromatic rings. The van der Waals surface area contributed by atoms with Crippen LogP contribution in [-0.2, 0) is 17.8 Å². The van der Waals surface area contributed by atoms with E-state index >= 15 is 0 Å². The maximum Gasteiger partial charge on any atom is 0.237 e. The highest BCUT2D eigenvalue weighted by Crippen LogP contribution is 2.16. The lowest BCUT2D eigenvalue weighted by molar-refractivity contribution is -0.124. The number of hydrogen-bond donors (Lipinski definition) is 2. The second-order valence-electron chi connectivity index (χ2n) is 6.53. The van der Waals surface area contributed by atoms with Crippen LogP contribution in [-0.4, -0.2) is 43.5 Å². The van der Waals surface area contributed by atoms with Crippen molar-refractivity contribution in [2.24, 2.45) is 5.92 Å². The first kappa shape index (κ1) is 16.0. The molecule has 0 aliphatic carbocycles. The zero-order valence-electron chi connectivity index (χ0n) is 13.5. The van der Waals surface area contributed by atoms with Gasteiger partial charge in [0, 0.05) is 19.1 Å². The molecule has 1 unspecified atom stereocenters. The molecule has 116 valence electrons. The fourth-order valence-corrected chi connectivity index (χ4v) is 2.74. The summed E-state index contributed by atoms with van der Waals surface area (Å²) in [5.41, 5.74) is 2.58. The van der Waals surface area contributed by atoms with Gasteiger partial charge in [0.1, 0.15) is 0 Å². The van der Waals surface area contributed by atoms with E-state index in [2.05, 4.69) is 41.5 Å². The number of nitrogens with one attached hydrogen (secondary N) is 2. The molecule has 0 saturated heterocycles. The number of likely N-dealkylation sites (N-methyl/N-ethyl adjacent to an activating group) is 1. The van der Waals surface area contributed by atoms with E-state index in [1.807, 2.05) is 26.2 Å². The molecule has 21 heavy (non-hydrogen) atoms. The Morgan fingerprint density at radius 3 is 2.62 bits per heavy atom. The van der Waals surface area contributed by atoms with E-state index in [0.717, 1.165) is 19.5 Å². The average molecular weight is 289 g/mol. The molecule has 0 spiro atoms. The highest BCUT2D eigenvalue weighted by molar-refractivity contribution is 5.82. The number of fused-ring (bicyclic) bond motifs is 1. The van der Waals surface area contributed by atoms with E-state index in [1.54, 1.807) is 0 Å². The molecule has 0 saturated carbocycles. The monoisotopic (exact) mass is 289 g/mol. The lowest BCUT2D eigenvalue weighted by Crippen LogP contribution is -2.53. The minimum Gasteiger partial charge on any atom is -0.350 e. The van der Waals surface area contributed by atoms with E-state index in [4.69, 9.17) is 0 Å². The third-order valence-electron chi connectivity index (χ3n) is 4.09. The molecular weight excluding hydrogens is 262 g/mol. The van der Waals surface area contributed by atoms with Gasteiger partial charge in [-0.1, -0.05) is 38.1 Å². The van der Waals surface area contributed by atoms with E-state index in [-0.39, 0.29) is 18.0 Å². The van der Waals surface area contributed by atoms with Crippen molar-refractivity contribution in [3.63, 3.8) is 0 Å². The normalized spacial score (nSPS) is 19.4. The third-order valence-corrected chi connectivity index (χ3v) is 4.09. The fraction of sp³-hybridized carbons (Fsp3) is 0.588. The van der Waals surface area contributed by atoms with Gasteiger partial charge in [-0.25, -0.2) is 0 Å². The maximum absolute atomic E-state index is 12.5. The van der Waals surface area contributed by atoms with Crippen molar-refractivity contribution >= 4 is 5.91 Å². The van der Waals surface area contributed by atoms with Gasteiger partial charge in [-0.3, -0.25) is 4.79 Å². The van der Waals surface area contributed by atoms with Crippen LogP contribution in [0.1, 0.15) is 25.0 Å². The molecule has 1 amide bonds. The minimum atomic E-state index is -0.122. The Morgan fingerprint density at radius 1 is 1.33 bits per heavy atom. The van der Waals surface area contributed by atoms with Crippen LogP contribution in [0, 0.1) is 5.92 Å². The van der Waals surface area contributed by atoms with Crippen LogP contribution in [0.2, 0.25) is 0 Å². The molecule has 0 radical (unpaired) electrons. The SMILES string of the molecule is CC(C)C(CN(C)C)NC(=O)[C@H]1Cc2ccccc2CN1. The molecule has 2 atom stereocenters. The number of rotatable bonds is 5. The van der Waals surface area contributed by atoms with E-state index in [1.165, 1.54) is 11.1 Å². The summed E-state index contributed by atoms with van der Waals surface area (Å²) < 4.78 is 0. The van der Waals surface area contributed by atoms with Gasteiger partial charge in [-0.05, 0) is 37.6 Å². The van der Waals surface area contributed by atoms with E-state index in [0.29, 0.717) is 5.92 Å². The van der Waals surface area contributed by atoms with Crippen LogP contribution < -0.4 is 10.6 Å². The lowest BCUT2D eigenvalue weighted by Gasteiger charge is -2.30. The summed E-state index contributed by atoms with van der Waals surface area (Å²) in [6.07, 6.45) is 0.773. The Labute approximate surface area is 127 Å². The average Bonchev–Trinajstić information content (AvgIpc) is 2.45. The summed E-state index contributed by atoms with van der Waals surface area (Å²) in [6, 6.07) is 8.40. The molecule has 1 heterocycles. The van der Waals surface area contributed by atoms with Crippen LogP contribution in [0.25, 0.3) is 0 Å². The highest BCUT2D eigenvalue weighted by atomic mass is 16.2. The summed E-state index contributed by atoms with van der Waals surface area (Å²) in [4.78, 5) is 14.6. The van der Waals surface area contributed by atoms with Crippen molar-refractivity contribution < 1.29 is 4.79 Å². The van der Waals surface area contributed by atoms with Gasteiger partial charge in [-0.15, -0.1) is 0 Å². The standard InChI is InChI=1S/C17H27N3O/c1-12(2)16(11-20(3)4)19-17(21)15-9-13-7-5-6-8-14(13)10-18-15/h5-8,12,15-16,18H,9-11H2,1-4H3,(H,19,21)/t15-,16?/m1/s1. The predicted octanol–water partition coefficient (Wildman–Crippen LogP) is 1.40. The fourth-order valence-electron chi connectivity index (χ4n) is 2.74. The summed E-state index contributed by atoms with van der Waals surface area (Å²) in [6.45, 7) is 5.94. The zero-order chi connectivity index (χ0) is 15.4. The molecule has 0 bridgehead atoms. The summed E-state index contributed by atoms with van der Waals surface area (Å²) in [5, 5.41) is 6.55. The van der Waals surface area contributed by atoms with Crippen molar-refractivity contribution in [1.29, 1.82) is 0 Å². The molecule has 2 rings (SSSR count). The first-order valence-electron chi connectivity index (χ1n) is 7.72. The van der Waals surface area contributed by atoms with Gasteiger partial charge >= 0.3 is 0 Å². The number of carbonyl (C=O) groups excluding carboxylic acids is 1. The molecule has 0 fully saturated rings. The Kier molecular flexibility index (Phi) is 5.37. The van der Waals surface area contributed by atoms with Gasteiger partial charge in [0.2, 0.25) is 5.91 Å². The smallest absolute Gasteiger partial charge is 0.237 e. The van der Waals surface area contributed by atoms with Crippen LogP contribution >= 0.6 is 0 Å². The Bertz CT molecular complexity index is 485. The molecule has 1 aromatic carbocycles. The number of amides is 1. The van der Waals surface area contributed by atoms with E-state index < -0.39 is 0 Å². The highest BCUT2D eigenvalue weighted by Gasteiger charge is 2.26. The first-order chi connectivity index (χ1) is 9.97. The van der Waals surface area contributed by atoms with Crippen molar-refractivity contribution in [3.05, 3.63) is 35.4 Å². The summed E-state index contributed by atoms with van der Waals surface area (Å²) in [5.74, 6) is 0.539. The van der Waals surface area contributed by atoms with Crippen molar-refractivity contribution in [2.75, 3.05) is 20.6 Å². The molecule has 1 aliphatic heterocycles. The largest absolute Gasteiger partial charge is 0.350 e. The van der Waals surface area contributed by atoms with Crippen LogP contribution in [0.4, 0.5) is 0 Å². The maximum atomic E-state index is 12.5. The first-order valence-corrected chi connectivity index (χ1v) is 7.72. The molecular formula is C17H27N3O. The number of hydrogen-bond acceptors (Lipinski definition) is 3. The predicted molar refractivity (Wildman–Crippen MR) is 86.1 cm³/mol. The summed E-state index contributed by atoms with van der Waals surface area (Å²) in [7, 11) is 4.08. The number of carbonyl (C=O) groups is 1. The second-order valence-corrected chi connectivity index (χ2v) is 6.53. The van der Waals surface area contributed by atoms with Crippen LogP contribution in [0.15, 0.2) is 24.3 Å². The Hall–Kier alpha value is -1.39. The van der Waals surface area contributed by atoms with Gasteiger partial charge in [0.15, 0.2) is 0 Å². The number of benzene rings is 1. The molecule has 4 nitrogen and oxygen atoms in total. The number of nitrogens with zero attached hydrogens (tertiary/aromatic N) is 1. The molecule has 0 aromatic heterocycles. The Balaban J connectivity index is 1.98. The molecule has 4 heteroatoms. The topological polar surface area (TPSA) is 44.4 Å². The van der Waals surface area contributed by atoms with Gasteiger partial charge in [-0.2, -0.15) is 0 Å². The molecule has 1 aliphatic rings. The molecule has 2 N–H and O–H groups in total. The van der Waals surface area contributed by atoms with Crippen molar-refractivity contribution in [2.45, 2.75) is 38.9 Å². The zero-order valence-corrected chi connectivity index (χ0v) is 13.5. The minimum absolute atomic E-state index is 0.116. The van der Waals surface area contributed by atoms with E-state index in [9.17, 15) is 4.79 Å². The van der Waals surface area contributed by atoms with Gasteiger partial charge in [0.25, 0.3) is 0 Å². The van der Waals surface area contributed by atoms with Crippen LogP contribution in [0.5, 0.6) is 0 Å². The van der Waals surface area contributed by atoms with Crippen LogP contribution in [0.3, 0.4) is 0 Å². The van der Waals surface area contributed by atoms with Crippen molar-refractivity contribution in [1.82, 2.24) is 15.5 Å². The lowest BCUT2D eigenvalue weighted by atomic mass is 9.95. The Morgan fingerprint density at radius 2 is 2.00 bits per heavy atom. The van der Waals surface area contributed by atoms with Gasteiger partial charge in [0.05, 0.1) is 6.04 Å². The van der Waals surface area contributed by atoms with Crippen molar-refractivity contribution in [3.8, 4) is 0 Å².